The van der Waals surface area contributed by atoms with Crippen LogP contribution in [0.25, 0.3) is 0 Å². The van der Waals surface area contributed by atoms with Crippen molar-refractivity contribution in [3.63, 3.8) is 0 Å². The zero-order valence-corrected chi connectivity index (χ0v) is 12.0. The van der Waals surface area contributed by atoms with Gasteiger partial charge in [0.1, 0.15) is 11.5 Å². The molecule has 0 spiro atoms. The predicted molar refractivity (Wildman–Crippen MR) is 74.8 cm³/mol. The first-order valence-electron chi connectivity index (χ1n) is 5.21. The molecule has 0 fully saturated rings. The Morgan fingerprint density at radius 2 is 2.28 bits per heavy atom. The molecule has 2 rings (SSSR count). The summed E-state index contributed by atoms with van der Waals surface area (Å²) in [5, 5.41) is 5.64. The summed E-state index contributed by atoms with van der Waals surface area (Å²) in [6.07, 6.45) is 3.01. The van der Waals surface area contributed by atoms with E-state index in [0.717, 1.165) is 8.66 Å². The second-order valence-corrected chi connectivity index (χ2v) is 5.98. The number of hydrogen-bond acceptors (Lipinski definition) is 5. The quantitative estimate of drug-likeness (QED) is 0.904. The summed E-state index contributed by atoms with van der Waals surface area (Å²) in [7, 11) is 1.73. The van der Waals surface area contributed by atoms with E-state index in [4.69, 9.17) is 0 Å². The minimum Gasteiger partial charge on any atom is -0.372 e. The molecule has 0 aliphatic rings. The van der Waals surface area contributed by atoms with Gasteiger partial charge in [-0.15, -0.1) is 11.3 Å². The smallest absolute Gasteiger partial charge is 0.271 e. The van der Waals surface area contributed by atoms with E-state index in [2.05, 4.69) is 36.5 Å². The third-order valence-electron chi connectivity index (χ3n) is 2.18. The summed E-state index contributed by atoms with van der Waals surface area (Å²) in [5.41, 5.74) is 0.303. The van der Waals surface area contributed by atoms with Crippen molar-refractivity contribution in [3.8, 4) is 0 Å². The van der Waals surface area contributed by atoms with Crippen LogP contribution in [0.1, 0.15) is 15.4 Å². The zero-order chi connectivity index (χ0) is 13.0. The second kappa shape index (κ2) is 5.92. The van der Waals surface area contributed by atoms with Crippen LogP contribution in [0.2, 0.25) is 0 Å². The molecule has 2 aromatic rings. The molecule has 2 heterocycles. The Labute approximate surface area is 117 Å². The van der Waals surface area contributed by atoms with Crippen molar-refractivity contribution in [3.05, 3.63) is 38.9 Å². The van der Waals surface area contributed by atoms with Gasteiger partial charge in [0.25, 0.3) is 5.91 Å². The van der Waals surface area contributed by atoms with Crippen LogP contribution in [0.4, 0.5) is 5.82 Å². The van der Waals surface area contributed by atoms with E-state index in [1.54, 1.807) is 24.6 Å². The van der Waals surface area contributed by atoms with Gasteiger partial charge < -0.3 is 10.6 Å². The number of amides is 1. The molecule has 94 valence electrons. The first kappa shape index (κ1) is 13.0. The van der Waals surface area contributed by atoms with E-state index >= 15 is 0 Å². The topological polar surface area (TPSA) is 66.9 Å². The third-order valence-corrected chi connectivity index (χ3v) is 3.80. The Balaban J connectivity index is 1.99. The van der Waals surface area contributed by atoms with E-state index in [1.807, 2.05) is 12.1 Å². The molecule has 0 atom stereocenters. The molecule has 7 heteroatoms. The standard InChI is InChI=1S/C11H11BrN4OS/c1-13-10-6-14-5-8(16-10)11(17)15-4-7-2-3-9(12)18-7/h2-3,5-6H,4H2,1H3,(H,13,16)(H,15,17). The Bertz CT molecular complexity index is 557. The van der Waals surface area contributed by atoms with Crippen LogP contribution >= 0.6 is 27.3 Å². The van der Waals surface area contributed by atoms with Gasteiger partial charge in [0.15, 0.2) is 0 Å². The molecule has 2 aromatic heterocycles. The lowest BCUT2D eigenvalue weighted by Crippen LogP contribution is -2.23. The van der Waals surface area contributed by atoms with Crippen molar-refractivity contribution in [1.82, 2.24) is 15.3 Å². The average Bonchev–Trinajstić information content (AvgIpc) is 2.82. The monoisotopic (exact) mass is 326 g/mol. The first-order valence-corrected chi connectivity index (χ1v) is 6.82. The Morgan fingerprint density at radius 3 is 2.94 bits per heavy atom. The summed E-state index contributed by atoms with van der Waals surface area (Å²) in [4.78, 5) is 21.0. The van der Waals surface area contributed by atoms with Crippen LogP contribution in [0.15, 0.2) is 28.3 Å². The van der Waals surface area contributed by atoms with Gasteiger partial charge in [-0.2, -0.15) is 0 Å². The van der Waals surface area contributed by atoms with Gasteiger partial charge in [-0.3, -0.25) is 9.78 Å². The summed E-state index contributed by atoms with van der Waals surface area (Å²) in [5.74, 6) is 0.339. The molecule has 0 saturated carbocycles. The maximum atomic E-state index is 11.8. The van der Waals surface area contributed by atoms with Gasteiger partial charge in [-0.25, -0.2) is 4.98 Å². The first-order chi connectivity index (χ1) is 8.69. The van der Waals surface area contributed by atoms with Crippen LogP contribution in [-0.2, 0) is 6.54 Å². The number of halogens is 1. The van der Waals surface area contributed by atoms with E-state index in [9.17, 15) is 4.79 Å². The van der Waals surface area contributed by atoms with Crippen molar-refractivity contribution in [2.75, 3.05) is 12.4 Å². The van der Waals surface area contributed by atoms with Gasteiger partial charge >= 0.3 is 0 Å². The number of aromatic nitrogens is 2. The Kier molecular flexibility index (Phi) is 4.27. The van der Waals surface area contributed by atoms with Crippen molar-refractivity contribution >= 4 is 39.0 Å². The SMILES string of the molecule is CNc1cncc(C(=O)NCc2ccc(Br)s2)n1. The number of thiophene rings is 1. The summed E-state index contributed by atoms with van der Waals surface area (Å²) < 4.78 is 1.05. The molecule has 5 nitrogen and oxygen atoms in total. The fourth-order valence-corrected chi connectivity index (χ4v) is 2.72. The van der Waals surface area contributed by atoms with Crippen LogP contribution in [0, 0.1) is 0 Å². The number of hydrogen-bond donors (Lipinski definition) is 2. The maximum Gasteiger partial charge on any atom is 0.271 e. The van der Waals surface area contributed by atoms with E-state index in [0.29, 0.717) is 18.1 Å². The van der Waals surface area contributed by atoms with Crippen molar-refractivity contribution in [2.45, 2.75) is 6.54 Å². The zero-order valence-electron chi connectivity index (χ0n) is 9.61. The third kappa shape index (κ3) is 3.27. The number of nitrogens with one attached hydrogen (secondary N) is 2. The van der Waals surface area contributed by atoms with Crippen LogP contribution in [-0.4, -0.2) is 22.9 Å². The molecule has 0 saturated heterocycles. The van der Waals surface area contributed by atoms with Crippen molar-refractivity contribution < 1.29 is 4.79 Å². The summed E-state index contributed by atoms with van der Waals surface area (Å²) >= 11 is 4.96. The van der Waals surface area contributed by atoms with E-state index in [-0.39, 0.29) is 5.91 Å². The van der Waals surface area contributed by atoms with Gasteiger partial charge in [0.2, 0.25) is 0 Å². The lowest BCUT2D eigenvalue weighted by molar-refractivity contribution is 0.0946. The molecule has 0 unspecified atom stereocenters. The Hall–Kier alpha value is -1.47. The fraction of sp³-hybridized carbons (Fsp3) is 0.182. The van der Waals surface area contributed by atoms with Gasteiger partial charge in [-0.05, 0) is 28.1 Å². The highest BCUT2D eigenvalue weighted by Gasteiger charge is 2.08. The predicted octanol–water partition coefficient (Wildman–Crippen LogP) is 2.27. The largest absolute Gasteiger partial charge is 0.372 e. The molecule has 0 aromatic carbocycles. The molecule has 2 N–H and O–H groups in total. The molecule has 0 bridgehead atoms. The number of nitrogens with zero attached hydrogens (tertiary/aromatic N) is 2. The normalized spacial score (nSPS) is 10.1. The van der Waals surface area contributed by atoms with Crippen molar-refractivity contribution in [1.29, 1.82) is 0 Å². The van der Waals surface area contributed by atoms with Crippen LogP contribution in [0.5, 0.6) is 0 Å². The lowest BCUT2D eigenvalue weighted by atomic mass is 10.4. The van der Waals surface area contributed by atoms with Crippen molar-refractivity contribution in [2.24, 2.45) is 0 Å². The molecular weight excluding hydrogens is 316 g/mol. The highest BCUT2D eigenvalue weighted by atomic mass is 79.9. The summed E-state index contributed by atoms with van der Waals surface area (Å²) in [6, 6.07) is 3.91. The fourth-order valence-electron chi connectivity index (χ4n) is 1.30. The maximum absolute atomic E-state index is 11.8. The molecule has 1 amide bonds. The van der Waals surface area contributed by atoms with Crippen LogP contribution < -0.4 is 10.6 Å². The van der Waals surface area contributed by atoms with Gasteiger partial charge in [-0.1, -0.05) is 0 Å². The molecular formula is C11H11BrN4OS. The second-order valence-electron chi connectivity index (χ2n) is 3.43. The molecule has 0 radical (unpaired) electrons. The molecule has 0 aliphatic heterocycles. The lowest BCUT2D eigenvalue weighted by Gasteiger charge is -2.04. The van der Waals surface area contributed by atoms with E-state index < -0.39 is 0 Å². The summed E-state index contributed by atoms with van der Waals surface area (Å²) in [6.45, 7) is 0.487. The minimum atomic E-state index is -0.232. The highest BCUT2D eigenvalue weighted by Crippen LogP contribution is 2.21. The van der Waals surface area contributed by atoms with Gasteiger partial charge in [0, 0.05) is 11.9 Å². The average molecular weight is 327 g/mol. The number of anilines is 1. The highest BCUT2D eigenvalue weighted by molar-refractivity contribution is 9.11. The van der Waals surface area contributed by atoms with E-state index in [1.165, 1.54) is 6.20 Å². The number of rotatable bonds is 4. The number of carbonyl (C=O) groups is 1. The van der Waals surface area contributed by atoms with Gasteiger partial charge in [0.05, 0.1) is 22.7 Å². The Morgan fingerprint density at radius 1 is 1.44 bits per heavy atom. The molecule has 18 heavy (non-hydrogen) atoms. The minimum absolute atomic E-state index is 0.232. The van der Waals surface area contributed by atoms with Crippen LogP contribution in [0.3, 0.4) is 0 Å². The number of carbonyl (C=O) groups excluding carboxylic acids is 1. The molecule has 0 aliphatic carbocycles.